The maximum absolute atomic E-state index is 12.7. The van der Waals surface area contributed by atoms with Gasteiger partial charge in [0.2, 0.25) is 5.82 Å². The largest absolute Gasteiger partial charge is 0.451 e. The van der Waals surface area contributed by atoms with Crippen LogP contribution in [0.4, 0.5) is 19.0 Å². The minimum absolute atomic E-state index is 0.130. The predicted octanol–water partition coefficient (Wildman–Crippen LogP) is 4.78. The molecule has 0 saturated heterocycles. The van der Waals surface area contributed by atoms with Crippen molar-refractivity contribution in [1.29, 1.82) is 0 Å². The van der Waals surface area contributed by atoms with Gasteiger partial charge >= 0.3 is 6.18 Å². The fourth-order valence-electron chi connectivity index (χ4n) is 2.95. The first kappa shape index (κ1) is 16.3. The van der Waals surface area contributed by atoms with Crippen molar-refractivity contribution in [2.75, 3.05) is 5.32 Å². The summed E-state index contributed by atoms with van der Waals surface area (Å²) < 4.78 is 38.2. The molecule has 3 nitrogen and oxygen atoms in total. The molecule has 1 saturated carbocycles. The van der Waals surface area contributed by atoms with E-state index in [9.17, 15) is 13.2 Å². The lowest BCUT2D eigenvalue weighted by Crippen LogP contribution is -2.35. The summed E-state index contributed by atoms with van der Waals surface area (Å²) in [7, 11) is 0. The molecule has 2 rings (SSSR count). The van der Waals surface area contributed by atoms with E-state index in [0.29, 0.717) is 11.8 Å². The molecule has 21 heavy (non-hydrogen) atoms. The van der Waals surface area contributed by atoms with E-state index in [1.54, 1.807) is 0 Å². The zero-order chi connectivity index (χ0) is 15.6. The van der Waals surface area contributed by atoms with Crippen molar-refractivity contribution in [3.63, 3.8) is 0 Å². The average Bonchev–Trinajstić information content (AvgIpc) is 2.37. The van der Waals surface area contributed by atoms with Crippen LogP contribution in [-0.4, -0.2) is 16.0 Å². The molecule has 0 aromatic carbocycles. The normalized spacial score (nSPS) is 23.4. The van der Waals surface area contributed by atoms with Gasteiger partial charge in [0.1, 0.15) is 11.0 Å². The van der Waals surface area contributed by atoms with Crippen LogP contribution in [0, 0.1) is 11.8 Å². The van der Waals surface area contributed by atoms with Crippen LogP contribution in [-0.2, 0) is 6.18 Å². The van der Waals surface area contributed by atoms with Crippen molar-refractivity contribution >= 4 is 17.4 Å². The summed E-state index contributed by atoms with van der Waals surface area (Å²) in [6, 6.07) is 1.48. The Balaban J connectivity index is 2.20. The number of nitrogens with zero attached hydrogens (tertiary/aromatic N) is 2. The number of anilines is 1. The molecule has 0 amide bonds. The van der Waals surface area contributed by atoms with Gasteiger partial charge in [-0.1, -0.05) is 38.3 Å². The summed E-state index contributed by atoms with van der Waals surface area (Å²) in [6.07, 6.45) is -0.331. The highest BCUT2D eigenvalue weighted by Crippen LogP contribution is 2.33. The third-order valence-electron chi connectivity index (χ3n) is 3.96. The van der Waals surface area contributed by atoms with Crippen molar-refractivity contribution in [1.82, 2.24) is 9.97 Å². The Hall–Kier alpha value is -1.04. The monoisotopic (exact) mass is 321 g/mol. The van der Waals surface area contributed by atoms with Gasteiger partial charge in [-0.3, -0.25) is 0 Å². The van der Waals surface area contributed by atoms with Gasteiger partial charge < -0.3 is 5.32 Å². The molecule has 2 unspecified atom stereocenters. The quantitative estimate of drug-likeness (QED) is 0.814. The highest BCUT2D eigenvalue weighted by molar-refractivity contribution is 6.29. The highest BCUT2D eigenvalue weighted by Gasteiger charge is 2.36. The first-order valence-electron chi connectivity index (χ1n) is 7.15. The molecule has 1 fully saturated rings. The number of alkyl halides is 3. The molecular formula is C14H19ClF3N3. The van der Waals surface area contributed by atoms with E-state index in [4.69, 9.17) is 11.6 Å². The number of hydrogen-bond donors (Lipinski definition) is 1. The zero-order valence-corrected chi connectivity index (χ0v) is 12.8. The van der Waals surface area contributed by atoms with Crippen LogP contribution in [0.15, 0.2) is 6.07 Å². The second-order valence-electron chi connectivity index (χ2n) is 5.84. The predicted molar refractivity (Wildman–Crippen MR) is 76.3 cm³/mol. The van der Waals surface area contributed by atoms with Crippen LogP contribution >= 0.6 is 11.6 Å². The van der Waals surface area contributed by atoms with Crippen molar-refractivity contribution in [2.24, 2.45) is 11.8 Å². The lowest BCUT2D eigenvalue weighted by Gasteiger charge is -2.35. The van der Waals surface area contributed by atoms with Gasteiger partial charge in [0.05, 0.1) is 0 Å². The summed E-state index contributed by atoms with van der Waals surface area (Å²) in [5, 5.41) is 2.93. The highest BCUT2D eigenvalue weighted by atomic mass is 35.5. The Morgan fingerprint density at radius 3 is 2.52 bits per heavy atom. The second-order valence-corrected chi connectivity index (χ2v) is 6.23. The molecular weight excluding hydrogens is 303 g/mol. The van der Waals surface area contributed by atoms with Gasteiger partial charge in [0, 0.05) is 12.1 Å². The summed E-state index contributed by atoms with van der Waals surface area (Å²) in [4.78, 5) is 6.80. The van der Waals surface area contributed by atoms with Gasteiger partial charge in [-0.05, 0) is 24.7 Å². The van der Waals surface area contributed by atoms with E-state index >= 15 is 0 Å². The van der Waals surface area contributed by atoms with E-state index < -0.39 is 12.0 Å². The number of halogens is 4. The average molecular weight is 322 g/mol. The summed E-state index contributed by atoms with van der Waals surface area (Å²) in [6.45, 7) is 4.28. The Kier molecular flexibility index (Phi) is 4.96. The zero-order valence-electron chi connectivity index (χ0n) is 12.0. The number of nitrogens with one attached hydrogen (secondary N) is 1. The number of hydrogen-bond acceptors (Lipinski definition) is 3. The molecule has 1 heterocycles. The smallest absolute Gasteiger partial charge is 0.367 e. The van der Waals surface area contributed by atoms with Crippen LogP contribution in [0.5, 0.6) is 0 Å². The first-order valence-corrected chi connectivity index (χ1v) is 7.53. The molecule has 0 radical (unpaired) electrons. The van der Waals surface area contributed by atoms with Gasteiger partial charge in [-0.15, -0.1) is 0 Å². The molecule has 2 atom stereocenters. The van der Waals surface area contributed by atoms with Crippen LogP contribution in [0.25, 0.3) is 0 Å². The van der Waals surface area contributed by atoms with Gasteiger partial charge in [-0.25, -0.2) is 9.97 Å². The second kappa shape index (κ2) is 6.38. The van der Waals surface area contributed by atoms with E-state index in [1.807, 2.05) is 0 Å². The fourth-order valence-corrected chi connectivity index (χ4v) is 3.13. The minimum Gasteiger partial charge on any atom is -0.367 e. The van der Waals surface area contributed by atoms with Crippen molar-refractivity contribution in [3.05, 3.63) is 17.0 Å². The fraction of sp³-hybridized carbons (Fsp3) is 0.714. The molecule has 1 aromatic heterocycles. The molecule has 0 bridgehead atoms. The van der Waals surface area contributed by atoms with Crippen molar-refractivity contribution in [3.8, 4) is 0 Å². The molecule has 1 aliphatic rings. The summed E-state index contributed by atoms with van der Waals surface area (Å²) in [5.41, 5.74) is 0. The Labute approximate surface area is 127 Å². The third-order valence-corrected chi connectivity index (χ3v) is 4.15. The lowest BCUT2D eigenvalue weighted by atomic mass is 9.78. The molecule has 118 valence electrons. The van der Waals surface area contributed by atoms with Crippen LogP contribution < -0.4 is 5.32 Å². The third kappa shape index (κ3) is 4.22. The minimum atomic E-state index is -4.59. The van der Waals surface area contributed by atoms with Crippen LogP contribution in [0.1, 0.15) is 45.4 Å². The maximum atomic E-state index is 12.7. The summed E-state index contributed by atoms with van der Waals surface area (Å²) >= 11 is 5.68. The van der Waals surface area contributed by atoms with E-state index in [1.165, 1.54) is 12.5 Å². The standard InChI is InChI=1S/C14H19ClF3N3/c1-8(2)9-5-3-4-6-10(9)19-12-7-11(15)20-13(21-12)14(16,17)18/h7-10H,3-6H2,1-2H3,(H,19,20,21). The van der Waals surface area contributed by atoms with E-state index in [-0.39, 0.29) is 17.0 Å². The van der Waals surface area contributed by atoms with Gasteiger partial charge in [0.25, 0.3) is 0 Å². The first-order chi connectivity index (χ1) is 9.77. The van der Waals surface area contributed by atoms with Crippen molar-refractivity contribution in [2.45, 2.75) is 51.7 Å². The Morgan fingerprint density at radius 1 is 1.24 bits per heavy atom. The van der Waals surface area contributed by atoms with E-state index in [2.05, 4.69) is 29.1 Å². The SMILES string of the molecule is CC(C)C1CCCCC1Nc1cc(Cl)nc(C(F)(F)F)n1. The van der Waals surface area contributed by atoms with Crippen molar-refractivity contribution < 1.29 is 13.2 Å². The topological polar surface area (TPSA) is 37.8 Å². The van der Waals surface area contributed by atoms with Gasteiger partial charge in [-0.2, -0.15) is 13.2 Å². The molecule has 1 aromatic rings. The molecule has 7 heteroatoms. The Bertz CT molecular complexity index is 491. The molecule has 0 aliphatic heterocycles. The lowest BCUT2D eigenvalue weighted by molar-refractivity contribution is -0.144. The Morgan fingerprint density at radius 2 is 1.90 bits per heavy atom. The number of rotatable bonds is 3. The molecule has 1 N–H and O–H groups in total. The molecule has 1 aliphatic carbocycles. The van der Waals surface area contributed by atoms with E-state index in [0.717, 1.165) is 19.3 Å². The number of aromatic nitrogens is 2. The summed E-state index contributed by atoms with van der Waals surface area (Å²) in [5.74, 6) is -0.140. The molecule has 0 spiro atoms. The maximum Gasteiger partial charge on any atom is 0.451 e. The van der Waals surface area contributed by atoms with Crippen LogP contribution in [0.3, 0.4) is 0 Å². The van der Waals surface area contributed by atoms with Crippen LogP contribution in [0.2, 0.25) is 5.15 Å². The van der Waals surface area contributed by atoms with Gasteiger partial charge in [0.15, 0.2) is 0 Å².